The van der Waals surface area contributed by atoms with Crippen molar-refractivity contribution in [3.63, 3.8) is 0 Å². The number of hydrogen-bond acceptors (Lipinski definition) is 3. The van der Waals surface area contributed by atoms with Gasteiger partial charge in [0.15, 0.2) is 5.78 Å². The SMILES string of the molecule is C[C@]12C(C=O)=CC(=O)CC1CC[C@@H]1C2=CC[C@]2(C)CC(O)C[C@@H]12. The molecule has 0 radical (unpaired) electrons. The molecule has 3 heteroatoms. The molecular formula is C20H26O3. The zero-order valence-corrected chi connectivity index (χ0v) is 14.0. The number of carbonyl (C=O) groups is 2. The largest absolute Gasteiger partial charge is 0.393 e. The molecule has 2 fully saturated rings. The summed E-state index contributed by atoms with van der Waals surface area (Å²) in [6, 6.07) is 0. The lowest BCUT2D eigenvalue weighted by atomic mass is 9.49. The van der Waals surface area contributed by atoms with Crippen LogP contribution in [0, 0.1) is 28.6 Å². The Morgan fingerprint density at radius 1 is 1.30 bits per heavy atom. The van der Waals surface area contributed by atoms with Gasteiger partial charge in [0.05, 0.1) is 6.10 Å². The highest BCUT2D eigenvalue weighted by molar-refractivity contribution is 5.98. The van der Waals surface area contributed by atoms with E-state index in [1.807, 2.05) is 0 Å². The number of carbonyl (C=O) groups excluding carboxylic acids is 2. The summed E-state index contributed by atoms with van der Waals surface area (Å²) in [6.07, 6.45) is 10.1. The van der Waals surface area contributed by atoms with Crippen molar-refractivity contribution < 1.29 is 14.7 Å². The van der Waals surface area contributed by atoms with Crippen LogP contribution in [-0.4, -0.2) is 23.3 Å². The normalized spacial score (nSPS) is 48.7. The summed E-state index contributed by atoms with van der Waals surface area (Å²) in [5.74, 6) is 1.34. The number of ketones is 1. The van der Waals surface area contributed by atoms with Crippen molar-refractivity contribution in [3.8, 4) is 0 Å². The zero-order chi connectivity index (χ0) is 16.4. The van der Waals surface area contributed by atoms with Crippen LogP contribution in [0.4, 0.5) is 0 Å². The van der Waals surface area contributed by atoms with Gasteiger partial charge in [-0.3, -0.25) is 9.59 Å². The number of hydrogen-bond donors (Lipinski definition) is 1. The Bertz CT molecular complexity index is 631. The van der Waals surface area contributed by atoms with E-state index in [-0.39, 0.29) is 28.6 Å². The minimum atomic E-state index is -0.270. The maximum atomic E-state index is 12.0. The fourth-order valence-corrected chi connectivity index (χ4v) is 6.30. The maximum absolute atomic E-state index is 12.0. The van der Waals surface area contributed by atoms with Crippen LogP contribution in [0.2, 0.25) is 0 Å². The van der Waals surface area contributed by atoms with Crippen molar-refractivity contribution in [1.29, 1.82) is 0 Å². The van der Waals surface area contributed by atoms with Crippen LogP contribution in [0.1, 0.15) is 52.4 Å². The molecule has 4 aliphatic carbocycles. The topological polar surface area (TPSA) is 54.4 Å². The van der Waals surface area contributed by atoms with Gasteiger partial charge >= 0.3 is 0 Å². The van der Waals surface area contributed by atoms with Crippen molar-refractivity contribution in [3.05, 3.63) is 23.3 Å². The summed E-state index contributed by atoms with van der Waals surface area (Å²) in [5.41, 5.74) is 1.99. The summed E-state index contributed by atoms with van der Waals surface area (Å²) >= 11 is 0. The first kappa shape index (κ1) is 15.3. The molecule has 2 saturated carbocycles. The molecule has 3 nitrogen and oxygen atoms in total. The second kappa shape index (κ2) is 4.89. The Balaban J connectivity index is 1.80. The quantitative estimate of drug-likeness (QED) is 0.597. The third-order valence-electron chi connectivity index (χ3n) is 7.53. The Morgan fingerprint density at radius 3 is 2.83 bits per heavy atom. The van der Waals surface area contributed by atoms with Crippen molar-refractivity contribution >= 4 is 12.1 Å². The standard InChI is InChI=1S/C20H26O3/c1-19-6-5-17-16(18(19)9-15(23)10-19)4-3-12-7-14(22)8-13(11-21)20(12,17)2/h5,8,11-12,15-16,18,23H,3-4,6-7,9-10H2,1-2H3/t12?,15?,16-,18+,19-,20-/m1/s1. The molecule has 0 bridgehead atoms. The van der Waals surface area contributed by atoms with Crippen LogP contribution >= 0.6 is 0 Å². The number of rotatable bonds is 1. The third kappa shape index (κ3) is 1.98. The summed E-state index contributed by atoms with van der Waals surface area (Å²) in [4.78, 5) is 23.7. The van der Waals surface area contributed by atoms with Gasteiger partial charge in [0.2, 0.25) is 0 Å². The highest BCUT2D eigenvalue weighted by atomic mass is 16.3. The van der Waals surface area contributed by atoms with E-state index in [9.17, 15) is 14.7 Å². The fraction of sp³-hybridized carbons (Fsp3) is 0.700. The number of allylic oxidation sites excluding steroid dienone is 4. The van der Waals surface area contributed by atoms with E-state index in [4.69, 9.17) is 0 Å². The lowest BCUT2D eigenvalue weighted by Crippen LogP contribution is -2.47. The van der Waals surface area contributed by atoms with Gasteiger partial charge in [0.25, 0.3) is 0 Å². The van der Waals surface area contributed by atoms with E-state index >= 15 is 0 Å². The summed E-state index contributed by atoms with van der Waals surface area (Å²) < 4.78 is 0. The van der Waals surface area contributed by atoms with E-state index < -0.39 is 0 Å². The second-order valence-electron chi connectivity index (χ2n) is 8.69. The second-order valence-corrected chi connectivity index (χ2v) is 8.69. The fourth-order valence-electron chi connectivity index (χ4n) is 6.30. The van der Waals surface area contributed by atoms with Gasteiger partial charge < -0.3 is 5.11 Å². The van der Waals surface area contributed by atoms with Gasteiger partial charge in [-0.1, -0.05) is 25.5 Å². The van der Waals surface area contributed by atoms with Gasteiger partial charge in [-0.25, -0.2) is 0 Å². The van der Waals surface area contributed by atoms with E-state index in [1.165, 1.54) is 5.57 Å². The molecule has 0 aromatic heterocycles. The molecule has 6 atom stereocenters. The predicted octanol–water partition coefficient (Wildman–Crippen LogP) is 3.22. The minimum absolute atomic E-state index is 0.102. The van der Waals surface area contributed by atoms with Crippen molar-refractivity contribution in [2.75, 3.05) is 0 Å². The zero-order valence-electron chi connectivity index (χ0n) is 14.0. The highest BCUT2D eigenvalue weighted by Crippen LogP contribution is 2.64. The summed E-state index contributed by atoms with van der Waals surface area (Å²) in [7, 11) is 0. The molecule has 0 aromatic rings. The van der Waals surface area contributed by atoms with Gasteiger partial charge in [-0.15, -0.1) is 0 Å². The molecule has 1 N–H and O–H groups in total. The lowest BCUT2D eigenvalue weighted by Gasteiger charge is -2.54. The molecule has 124 valence electrons. The average molecular weight is 314 g/mol. The Labute approximate surface area is 137 Å². The molecule has 0 aromatic carbocycles. The van der Waals surface area contributed by atoms with Crippen LogP contribution in [0.25, 0.3) is 0 Å². The summed E-state index contributed by atoms with van der Waals surface area (Å²) in [6.45, 7) is 4.49. The van der Waals surface area contributed by atoms with Gasteiger partial charge in [-0.2, -0.15) is 0 Å². The first-order chi connectivity index (χ1) is 10.9. The lowest BCUT2D eigenvalue weighted by molar-refractivity contribution is -0.118. The smallest absolute Gasteiger partial charge is 0.156 e. The molecule has 0 saturated heterocycles. The molecule has 0 amide bonds. The third-order valence-corrected chi connectivity index (χ3v) is 7.53. The predicted molar refractivity (Wildman–Crippen MR) is 87.6 cm³/mol. The molecule has 0 spiro atoms. The first-order valence-electron chi connectivity index (χ1n) is 8.97. The van der Waals surface area contributed by atoms with Crippen LogP contribution in [0.15, 0.2) is 23.3 Å². The number of aliphatic hydroxyl groups excluding tert-OH is 1. The highest BCUT2D eigenvalue weighted by Gasteiger charge is 2.56. The molecule has 2 unspecified atom stereocenters. The maximum Gasteiger partial charge on any atom is 0.156 e. The van der Waals surface area contributed by atoms with E-state index in [2.05, 4.69) is 19.9 Å². The number of aldehydes is 1. The molecule has 4 rings (SSSR count). The van der Waals surface area contributed by atoms with Crippen molar-refractivity contribution in [1.82, 2.24) is 0 Å². The van der Waals surface area contributed by atoms with Gasteiger partial charge in [-0.05, 0) is 61.3 Å². The molecular weight excluding hydrogens is 288 g/mol. The number of fused-ring (bicyclic) bond motifs is 5. The van der Waals surface area contributed by atoms with Crippen molar-refractivity contribution in [2.24, 2.45) is 28.6 Å². The Kier molecular flexibility index (Phi) is 3.26. The molecule has 0 heterocycles. The number of aliphatic hydroxyl groups is 1. The van der Waals surface area contributed by atoms with Crippen LogP contribution in [0.3, 0.4) is 0 Å². The molecule has 23 heavy (non-hydrogen) atoms. The summed E-state index contributed by atoms with van der Waals surface area (Å²) in [5, 5.41) is 10.2. The van der Waals surface area contributed by atoms with E-state index in [1.54, 1.807) is 6.08 Å². The van der Waals surface area contributed by atoms with Crippen LogP contribution in [-0.2, 0) is 9.59 Å². The van der Waals surface area contributed by atoms with Crippen LogP contribution in [0.5, 0.6) is 0 Å². The Morgan fingerprint density at radius 2 is 2.09 bits per heavy atom. The van der Waals surface area contributed by atoms with Crippen molar-refractivity contribution in [2.45, 2.75) is 58.5 Å². The van der Waals surface area contributed by atoms with Gasteiger partial charge in [0.1, 0.15) is 6.29 Å². The minimum Gasteiger partial charge on any atom is -0.393 e. The van der Waals surface area contributed by atoms with E-state index in [0.29, 0.717) is 23.8 Å². The van der Waals surface area contributed by atoms with Crippen LogP contribution < -0.4 is 0 Å². The van der Waals surface area contributed by atoms with Gasteiger partial charge in [0, 0.05) is 17.4 Å². The van der Waals surface area contributed by atoms with E-state index in [0.717, 1.165) is 38.4 Å². The Hall–Kier alpha value is -1.22. The molecule has 4 aliphatic rings. The first-order valence-corrected chi connectivity index (χ1v) is 8.97. The molecule has 0 aliphatic heterocycles. The average Bonchev–Trinajstić information content (AvgIpc) is 2.81. The monoisotopic (exact) mass is 314 g/mol.